The normalized spacial score (nSPS) is 34.5. The number of alkyl halides is 1. The minimum atomic E-state index is -1.21. The summed E-state index contributed by atoms with van der Waals surface area (Å²) < 4.78 is 28.5. The summed E-state index contributed by atoms with van der Waals surface area (Å²) in [5, 5.41) is 147. The first kappa shape index (κ1) is 79.9. The van der Waals surface area contributed by atoms with Gasteiger partial charge in [0.1, 0.15) is 98.0 Å². The van der Waals surface area contributed by atoms with Gasteiger partial charge >= 0.3 is 18.9 Å². The Kier molecular flexibility index (Phi) is 27.4. The number of hydrogen-bond acceptors (Lipinski definition) is 34. The zero-order valence-corrected chi connectivity index (χ0v) is 58.3. The molecule has 12 heterocycles. The Morgan fingerprint density at radius 1 is 0.408 bits per heavy atom. The Morgan fingerprint density at radius 3 is 0.981 bits per heavy atom. The van der Waals surface area contributed by atoms with Crippen molar-refractivity contribution in [3.63, 3.8) is 0 Å². The minimum Gasteiger partial charge on any atom is -1.00 e. The molecule has 19 N–H and O–H groups in total. The van der Waals surface area contributed by atoms with E-state index in [1.54, 1.807) is 9.13 Å². The molecule has 0 radical (unpaired) electrons. The van der Waals surface area contributed by atoms with E-state index in [0.29, 0.717) is 68.5 Å². The van der Waals surface area contributed by atoms with Crippen LogP contribution < -0.4 is 53.0 Å². The Hall–Kier alpha value is -5.69. The molecule has 4 aliphatic carbocycles. The van der Waals surface area contributed by atoms with E-state index in [4.69, 9.17) is 58.1 Å². The summed E-state index contributed by atoms with van der Waals surface area (Å²) in [5.41, 5.74) is 9.15. The molecule has 8 aliphatic rings. The number of aliphatic hydroxyl groups excluding tert-OH is 14. The summed E-state index contributed by atoms with van der Waals surface area (Å²) in [5.74, 6) is 1.65. The van der Waals surface area contributed by atoms with E-state index in [-0.39, 0.29) is 72.6 Å². The number of nitrogens with zero attached hydrogens (tertiary/aromatic N) is 16. The van der Waals surface area contributed by atoms with Gasteiger partial charge in [0.05, 0.1) is 93.0 Å². The molecule has 24 atom stereocenters. The Labute approximate surface area is 615 Å². The standard InChI is InChI=1S/C16H23N5O4.C15H20ClN5O4.C15H21N5O5.C10H11ClN4O4.C5H11NO.ClH.Li/c1-2-10-12(23)13(24)16(25-10)21-7-19-11-14(17-6-18-15(11)21)20-8-4-3-5-9(8)22;16-4-9-11(23)12(24)15(25-9)21-6-19-10-13(17-5-18-14(10)21)20-7-2-1-3-8(7)22;21-4-9-11(23)12(24)15(25-9)20-6-18-10-13(16-5-17-14(10)20)19-7-2-1-3-8(7)22;11-8-5-9(13-2-12-8)15(3-14-5)10-7(18)6(17)4(1-16)19-10;6-4-2-1-3-5(4)7;;/h6-10,12-13,16,22-24H,2-5H2,1H3,(H,17,18,20);5-9,11-12,15,22-24H,1-4H2,(H,17,18,20);5-9,11-12,15,21-24H,1-4H2,(H,16,17,19);2-4,6-7,10,16-18H,1H2;4-5,7H,1-3,6H2;1H;/q;;;;;;+1/p-1/t8?,9?,10-,12-,13-,16-;2*7?,8?,9-,11-,12-,15-;4-,6-,7-,10-;;;/m1111.../s1. The van der Waals surface area contributed by atoms with Crippen molar-refractivity contribution in [2.75, 3.05) is 35.0 Å². The molecule has 8 aromatic heterocycles. The average molecular weight is 1500 g/mol. The van der Waals surface area contributed by atoms with Crippen molar-refractivity contribution in [1.82, 2.24) is 78.1 Å². The van der Waals surface area contributed by atoms with Crippen LogP contribution in [0.3, 0.4) is 0 Å². The molecule has 4 saturated heterocycles. The first-order chi connectivity index (χ1) is 48.7. The molecule has 8 fully saturated rings. The summed E-state index contributed by atoms with van der Waals surface area (Å²) in [6, 6.07) is -0.140. The predicted octanol–water partition coefficient (Wildman–Crippen LogP) is -8.09. The van der Waals surface area contributed by atoms with Crippen LogP contribution in [-0.2, 0) is 18.9 Å². The maximum absolute atomic E-state index is 10.3. The fraction of sp³-hybridized carbons (Fsp3) is 0.672. The monoisotopic (exact) mass is 1500 g/mol. The van der Waals surface area contributed by atoms with Gasteiger partial charge in [0, 0.05) is 6.04 Å². The molecular formula is C61H86Cl3LiN20O18. The van der Waals surface area contributed by atoms with Crippen molar-refractivity contribution in [1.29, 1.82) is 0 Å². The molecule has 560 valence electrons. The van der Waals surface area contributed by atoms with E-state index in [0.717, 1.165) is 77.0 Å². The number of nitrogens with two attached hydrogens (primary N) is 1. The number of aliphatic hydroxyl groups is 14. The van der Waals surface area contributed by atoms with Crippen LogP contribution in [-0.4, -0.2) is 290 Å². The molecule has 0 amide bonds. The maximum atomic E-state index is 10.3. The average Bonchev–Trinajstić information content (AvgIpc) is 1.64. The molecule has 42 heteroatoms. The smallest absolute Gasteiger partial charge is 1.00 e. The number of anilines is 3. The number of fused-ring (bicyclic) bond motifs is 4. The number of halogens is 3. The van der Waals surface area contributed by atoms with Crippen molar-refractivity contribution < 1.29 is 122 Å². The molecule has 38 nitrogen and oxygen atoms in total. The summed E-state index contributed by atoms with van der Waals surface area (Å²) in [4.78, 5) is 50.2. The number of rotatable bonds is 14. The zero-order chi connectivity index (χ0) is 71.5. The molecule has 0 spiro atoms. The van der Waals surface area contributed by atoms with Gasteiger partial charge in [-0.3, -0.25) is 18.3 Å². The van der Waals surface area contributed by atoms with Crippen LogP contribution in [0, 0.1) is 0 Å². The van der Waals surface area contributed by atoms with E-state index in [9.17, 15) is 61.3 Å². The molecule has 8 aromatic rings. The predicted molar refractivity (Wildman–Crippen MR) is 355 cm³/mol. The van der Waals surface area contributed by atoms with E-state index in [1.807, 2.05) is 6.92 Å². The Morgan fingerprint density at radius 2 is 0.709 bits per heavy atom. The van der Waals surface area contributed by atoms with Gasteiger partial charge in [0.2, 0.25) is 0 Å². The third-order valence-corrected chi connectivity index (χ3v) is 20.3. The second kappa shape index (κ2) is 35.4. The summed E-state index contributed by atoms with van der Waals surface area (Å²) in [6.07, 6.45) is 6.09. The fourth-order valence-electron chi connectivity index (χ4n) is 13.9. The van der Waals surface area contributed by atoms with Crippen LogP contribution in [0.2, 0.25) is 5.15 Å². The molecule has 4 aliphatic heterocycles. The molecular weight excluding hydrogens is 1410 g/mol. The zero-order valence-electron chi connectivity index (χ0n) is 56.0. The minimum absolute atomic E-state index is 0. The van der Waals surface area contributed by atoms with Gasteiger partial charge in [-0.1, -0.05) is 18.5 Å². The van der Waals surface area contributed by atoms with Crippen molar-refractivity contribution >= 4 is 85.3 Å². The van der Waals surface area contributed by atoms with Gasteiger partial charge in [-0.25, -0.2) is 59.8 Å². The Balaban J connectivity index is 0.000000143. The van der Waals surface area contributed by atoms with E-state index >= 15 is 0 Å². The molecule has 103 heavy (non-hydrogen) atoms. The van der Waals surface area contributed by atoms with Crippen molar-refractivity contribution in [2.24, 2.45) is 5.73 Å². The SMILES string of the molecule is CC[C@H]1O[C@@H](n2cnc3c(NC4CCCC4O)ncnc32)[C@H](O)[C@@H]1O.NC1CCCC1O.OC1CCCC1Nc1ncnc2c1ncn2[C@@H]1O[C@H](CCl)[C@@H](O)[C@H]1O.OC[C@H]1O[C@@H](n2cnc3c(Cl)ncnc32)[C@H](O)[C@@H]1O.OC[C@H]1O[C@@H](n2cnc3c(NC4CCCC4O)ncnc32)[C@H](O)[C@@H]1O.[Cl-].[Li+]. The van der Waals surface area contributed by atoms with Crippen LogP contribution >= 0.6 is 23.2 Å². The maximum Gasteiger partial charge on any atom is 1.00 e. The molecule has 16 rings (SSSR count). The van der Waals surface area contributed by atoms with Crippen LogP contribution in [0.1, 0.15) is 115 Å². The number of ether oxygens (including phenoxy) is 4. The van der Waals surface area contributed by atoms with Crippen molar-refractivity contribution in [2.45, 2.75) is 237 Å². The molecule has 4 saturated carbocycles. The second-order valence-electron chi connectivity index (χ2n) is 26.1. The number of aromatic nitrogens is 16. The number of nitrogens with one attached hydrogen (secondary N) is 3. The van der Waals surface area contributed by atoms with Crippen LogP contribution in [0.15, 0.2) is 50.6 Å². The first-order valence-electron chi connectivity index (χ1n) is 33.7. The van der Waals surface area contributed by atoms with Crippen LogP contribution in [0.5, 0.6) is 0 Å². The number of hydrogen-bond donors (Lipinski definition) is 18. The van der Waals surface area contributed by atoms with Gasteiger partial charge in [-0.05, 0) is 83.5 Å². The van der Waals surface area contributed by atoms with E-state index in [2.05, 4.69) is 75.8 Å². The quantitative estimate of drug-likeness (QED) is 0.0273. The number of imidazole rings is 4. The third kappa shape index (κ3) is 16.7. The summed E-state index contributed by atoms with van der Waals surface area (Å²) in [6.45, 7) is 1.10. The van der Waals surface area contributed by atoms with Crippen molar-refractivity contribution in [3.05, 3.63) is 55.8 Å². The molecule has 0 bridgehead atoms. The second-order valence-corrected chi connectivity index (χ2v) is 26.8. The van der Waals surface area contributed by atoms with Crippen LogP contribution in [0.4, 0.5) is 17.5 Å². The summed E-state index contributed by atoms with van der Waals surface area (Å²) >= 11 is 11.6. The molecule has 0 aromatic carbocycles. The summed E-state index contributed by atoms with van der Waals surface area (Å²) in [7, 11) is 0. The fourth-order valence-corrected chi connectivity index (χ4v) is 14.3. The van der Waals surface area contributed by atoms with Crippen LogP contribution in [0.25, 0.3) is 44.7 Å². The molecule has 8 unspecified atom stereocenters. The van der Waals surface area contributed by atoms with Gasteiger partial charge in [0.25, 0.3) is 0 Å². The third-order valence-electron chi connectivity index (χ3n) is 19.7. The van der Waals surface area contributed by atoms with Gasteiger partial charge in [-0.15, -0.1) is 11.6 Å². The van der Waals surface area contributed by atoms with E-state index < -0.39 is 130 Å². The Bertz CT molecular complexity index is 3730. The largest absolute Gasteiger partial charge is 1.00 e. The van der Waals surface area contributed by atoms with Gasteiger partial charge < -0.3 is 125 Å². The topological polar surface area (TPSA) is 557 Å². The van der Waals surface area contributed by atoms with Gasteiger partial charge in [0.15, 0.2) is 86.7 Å². The van der Waals surface area contributed by atoms with E-state index in [1.165, 1.54) is 59.8 Å². The van der Waals surface area contributed by atoms with Crippen molar-refractivity contribution in [3.8, 4) is 0 Å². The van der Waals surface area contributed by atoms with Gasteiger partial charge in [-0.2, -0.15) is 0 Å². The first-order valence-corrected chi connectivity index (χ1v) is 34.6.